The molecule has 0 aliphatic carbocycles. The number of benzene rings is 2. The molecule has 0 aromatic heterocycles. The van der Waals surface area contributed by atoms with E-state index < -0.39 is 0 Å². The number of amides is 1. The van der Waals surface area contributed by atoms with Crippen molar-refractivity contribution >= 4 is 11.7 Å². The molecule has 22 heavy (non-hydrogen) atoms. The van der Waals surface area contributed by atoms with E-state index in [1.54, 1.807) is 43.5 Å². The number of methoxy groups -OCH3 is 1. The van der Waals surface area contributed by atoms with Crippen molar-refractivity contribution in [3.8, 4) is 0 Å². The lowest BCUT2D eigenvalue weighted by Gasteiger charge is -2.12. The number of ether oxygens (including phenoxy) is 1. The van der Waals surface area contributed by atoms with Crippen molar-refractivity contribution < 1.29 is 14.3 Å². The van der Waals surface area contributed by atoms with Gasteiger partial charge in [-0.15, -0.1) is 0 Å². The molecule has 1 atom stereocenters. The molecular weight excluding hydrogens is 278 g/mol. The predicted molar refractivity (Wildman–Crippen MR) is 85.1 cm³/mol. The minimum atomic E-state index is -0.178. The molecule has 0 saturated heterocycles. The van der Waals surface area contributed by atoms with Crippen LogP contribution in [-0.4, -0.2) is 31.4 Å². The average Bonchev–Trinajstić information content (AvgIpc) is 2.55. The van der Waals surface area contributed by atoms with Gasteiger partial charge in [0.15, 0.2) is 5.78 Å². The highest BCUT2D eigenvalue weighted by atomic mass is 16.5. The first kappa shape index (κ1) is 15.9. The Bertz CT molecular complexity index is 635. The van der Waals surface area contributed by atoms with E-state index in [0.717, 1.165) is 0 Å². The standard InChI is InChI=1S/C18H19NO3/c1-13(12-22-2)19-18(21)16-10-8-15(9-11-16)17(20)14-6-4-3-5-7-14/h3-11,13H,12H2,1-2H3,(H,19,21). The van der Waals surface area contributed by atoms with Crippen molar-refractivity contribution in [1.29, 1.82) is 0 Å². The molecule has 114 valence electrons. The van der Waals surface area contributed by atoms with Crippen molar-refractivity contribution in [3.63, 3.8) is 0 Å². The Morgan fingerprint density at radius 3 is 2.09 bits per heavy atom. The van der Waals surface area contributed by atoms with Gasteiger partial charge in [-0.2, -0.15) is 0 Å². The van der Waals surface area contributed by atoms with Crippen LogP contribution >= 0.6 is 0 Å². The Labute approximate surface area is 130 Å². The highest BCUT2D eigenvalue weighted by Gasteiger charge is 2.12. The Morgan fingerprint density at radius 2 is 1.50 bits per heavy atom. The van der Waals surface area contributed by atoms with E-state index in [2.05, 4.69) is 5.32 Å². The molecule has 0 radical (unpaired) electrons. The van der Waals surface area contributed by atoms with Gasteiger partial charge in [0.2, 0.25) is 0 Å². The fraction of sp³-hybridized carbons (Fsp3) is 0.222. The van der Waals surface area contributed by atoms with Crippen LogP contribution in [0.3, 0.4) is 0 Å². The van der Waals surface area contributed by atoms with Crippen molar-refractivity contribution in [2.75, 3.05) is 13.7 Å². The lowest BCUT2D eigenvalue weighted by molar-refractivity contribution is 0.0904. The zero-order valence-corrected chi connectivity index (χ0v) is 12.7. The molecule has 4 nitrogen and oxygen atoms in total. The minimum absolute atomic E-state index is 0.0553. The average molecular weight is 297 g/mol. The number of ketones is 1. The minimum Gasteiger partial charge on any atom is -0.383 e. The molecule has 0 aliphatic rings. The van der Waals surface area contributed by atoms with Gasteiger partial charge in [0, 0.05) is 29.8 Å². The largest absolute Gasteiger partial charge is 0.383 e. The summed E-state index contributed by atoms with van der Waals surface area (Å²) in [6, 6.07) is 15.7. The summed E-state index contributed by atoms with van der Waals surface area (Å²) in [5.41, 5.74) is 1.72. The van der Waals surface area contributed by atoms with Crippen LogP contribution in [0.4, 0.5) is 0 Å². The molecule has 1 N–H and O–H groups in total. The van der Waals surface area contributed by atoms with E-state index in [9.17, 15) is 9.59 Å². The number of carbonyl (C=O) groups is 2. The monoisotopic (exact) mass is 297 g/mol. The summed E-state index contributed by atoms with van der Waals surface area (Å²) in [5.74, 6) is -0.233. The summed E-state index contributed by atoms with van der Waals surface area (Å²) < 4.78 is 4.98. The highest BCUT2D eigenvalue weighted by Crippen LogP contribution is 2.11. The Kier molecular flexibility index (Phi) is 5.44. The molecule has 2 aromatic rings. The quantitative estimate of drug-likeness (QED) is 0.834. The normalized spacial score (nSPS) is 11.7. The van der Waals surface area contributed by atoms with Gasteiger partial charge in [-0.25, -0.2) is 0 Å². The second kappa shape index (κ2) is 7.52. The molecule has 0 heterocycles. The Balaban J connectivity index is 2.07. The van der Waals surface area contributed by atoms with Crippen molar-refractivity contribution in [2.24, 2.45) is 0 Å². The smallest absolute Gasteiger partial charge is 0.251 e. The van der Waals surface area contributed by atoms with Gasteiger partial charge >= 0.3 is 0 Å². The molecule has 0 spiro atoms. The molecular formula is C18H19NO3. The van der Waals surface area contributed by atoms with Crippen LogP contribution in [0.15, 0.2) is 54.6 Å². The topological polar surface area (TPSA) is 55.4 Å². The molecule has 0 fully saturated rings. The van der Waals surface area contributed by atoms with Gasteiger partial charge in [-0.05, 0) is 19.1 Å². The zero-order valence-electron chi connectivity index (χ0n) is 12.7. The van der Waals surface area contributed by atoms with E-state index in [1.165, 1.54) is 0 Å². The first-order valence-corrected chi connectivity index (χ1v) is 7.11. The summed E-state index contributed by atoms with van der Waals surface area (Å²) in [6.45, 7) is 2.32. The number of rotatable bonds is 6. The Hall–Kier alpha value is -2.46. The maximum atomic E-state index is 12.3. The summed E-state index contributed by atoms with van der Waals surface area (Å²) in [5, 5.41) is 2.83. The molecule has 1 amide bonds. The third-order valence-electron chi connectivity index (χ3n) is 3.24. The van der Waals surface area contributed by atoms with Crippen LogP contribution in [0.1, 0.15) is 33.2 Å². The van der Waals surface area contributed by atoms with Crippen LogP contribution < -0.4 is 5.32 Å². The second-order valence-electron chi connectivity index (χ2n) is 5.10. The molecule has 0 aliphatic heterocycles. The zero-order chi connectivity index (χ0) is 15.9. The van der Waals surface area contributed by atoms with Crippen LogP contribution in [-0.2, 0) is 4.74 Å². The Morgan fingerprint density at radius 1 is 0.955 bits per heavy atom. The summed E-state index contributed by atoms with van der Waals surface area (Å²) in [7, 11) is 1.59. The number of hydrogen-bond acceptors (Lipinski definition) is 3. The van der Waals surface area contributed by atoms with Gasteiger partial charge in [0.25, 0.3) is 5.91 Å². The lowest BCUT2D eigenvalue weighted by Crippen LogP contribution is -2.35. The fourth-order valence-corrected chi connectivity index (χ4v) is 2.13. The van der Waals surface area contributed by atoms with Crippen molar-refractivity contribution in [3.05, 3.63) is 71.3 Å². The third-order valence-corrected chi connectivity index (χ3v) is 3.24. The maximum Gasteiger partial charge on any atom is 0.251 e. The maximum absolute atomic E-state index is 12.3. The van der Waals surface area contributed by atoms with Gasteiger partial charge in [0.1, 0.15) is 0 Å². The SMILES string of the molecule is COCC(C)NC(=O)c1ccc(C(=O)c2ccccc2)cc1. The van der Waals surface area contributed by atoms with Gasteiger partial charge in [-0.3, -0.25) is 9.59 Å². The van der Waals surface area contributed by atoms with Gasteiger partial charge in [-0.1, -0.05) is 42.5 Å². The molecule has 1 unspecified atom stereocenters. The summed E-state index contributed by atoms with van der Waals surface area (Å²) in [4.78, 5) is 24.3. The summed E-state index contributed by atoms with van der Waals surface area (Å²) >= 11 is 0. The van der Waals surface area contributed by atoms with E-state index in [-0.39, 0.29) is 17.7 Å². The fourth-order valence-electron chi connectivity index (χ4n) is 2.13. The molecule has 4 heteroatoms. The molecule has 0 saturated carbocycles. The van der Waals surface area contributed by atoms with Crippen molar-refractivity contribution in [1.82, 2.24) is 5.32 Å². The lowest BCUT2D eigenvalue weighted by atomic mass is 10.0. The predicted octanol–water partition coefficient (Wildman–Crippen LogP) is 2.68. The van der Waals surface area contributed by atoms with Crippen LogP contribution in [0.5, 0.6) is 0 Å². The number of hydrogen-bond donors (Lipinski definition) is 1. The van der Waals surface area contributed by atoms with Crippen molar-refractivity contribution in [2.45, 2.75) is 13.0 Å². The molecule has 2 rings (SSSR count). The van der Waals surface area contributed by atoms with Crippen LogP contribution in [0.2, 0.25) is 0 Å². The summed E-state index contributed by atoms with van der Waals surface area (Å²) in [6.07, 6.45) is 0. The third kappa shape index (κ3) is 4.02. The second-order valence-corrected chi connectivity index (χ2v) is 5.10. The van der Waals surface area contributed by atoms with Gasteiger partial charge in [0.05, 0.1) is 6.61 Å². The van der Waals surface area contributed by atoms with E-state index in [4.69, 9.17) is 4.74 Å². The van der Waals surface area contributed by atoms with E-state index in [0.29, 0.717) is 23.3 Å². The first-order chi connectivity index (χ1) is 10.6. The van der Waals surface area contributed by atoms with Crippen LogP contribution in [0.25, 0.3) is 0 Å². The molecule has 0 bridgehead atoms. The number of nitrogens with one attached hydrogen (secondary N) is 1. The van der Waals surface area contributed by atoms with Crippen LogP contribution in [0, 0.1) is 0 Å². The molecule has 2 aromatic carbocycles. The van der Waals surface area contributed by atoms with E-state index >= 15 is 0 Å². The highest BCUT2D eigenvalue weighted by molar-refractivity contribution is 6.09. The number of carbonyl (C=O) groups excluding carboxylic acids is 2. The van der Waals surface area contributed by atoms with Gasteiger partial charge < -0.3 is 10.1 Å². The first-order valence-electron chi connectivity index (χ1n) is 7.11. The van der Waals surface area contributed by atoms with E-state index in [1.807, 2.05) is 25.1 Å².